The first-order valence-electron chi connectivity index (χ1n) is 7.54. The van der Waals surface area contributed by atoms with E-state index in [4.69, 9.17) is 11.6 Å². The van der Waals surface area contributed by atoms with Crippen LogP contribution in [0.2, 0.25) is 5.02 Å². The number of halogens is 1. The van der Waals surface area contributed by atoms with Crippen LogP contribution in [0.15, 0.2) is 41.3 Å². The third-order valence-electron chi connectivity index (χ3n) is 4.10. The summed E-state index contributed by atoms with van der Waals surface area (Å²) in [4.78, 5) is 26.9. The van der Waals surface area contributed by atoms with Crippen molar-refractivity contribution >= 4 is 46.6 Å². The maximum Gasteiger partial charge on any atom is 0.257 e. The molecular formula is C18H17ClN2O2S. The number of hydrogen-bond acceptors (Lipinski definition) is 3. The van der Waals surface area contributed by atoms with Crippen LogP contribution in [-0.4, -0.2) is 25.1 Å². The minimum Gasteiger partial charge on any atom is -0.322 e. The van der Waals surface area contributed by atoms with Crippen molar-refractivity contribution in [3.63, 3.8) is 0 Å². The molecule has 0 spiro atoms. The van der Waals surface area contributed by atoms with E-state index in [-0.39, 0.29) is 11.8 Å². The lowest BCUT2D eigenvalue weighted by Gasteiger charge is -2.26. The molecule has 1 heterocycles. The molecule has 2 amide bonds. The number of aryl methyl sites for hydroxylation is 1. The Morgan fingerprint density at radius 2 is 2.00 bits per heavy atom. The zero-order valence-electron chi connectivity index (χ0n) is 13.4. The standard InChI is InChI=1S/C18H17ClN2O2S/c1-21-16-7-4-12(9-11(16)3-8-17(21)22)20-18(23)14-10-13(24-2)5-6-15(14)19/h4-7,9-10H,3,8H2,1-2H3,(H,20,23). The summed E-state index contributed by atoms with van der Waals surface area (Å²) in [7, 11) is 1.77. The monoisotopic (exact) mass is 360 g/mol. The average Bonchev–Trinajstić information content (AvgIpc) is 2.58. The largest absolute Gasteiger partial charge is 0.322 e. The molecule has 0 fully saturated rings. The zero-order chi connectivity index (χ0) is 17.3. The van der Waals surface area contributed by atoms with Crippen LogP contribution >= 0.6 is 23.4 Å². The fraction of sp³-hybridized carbons (Fsp3) is 0.222. The van der Waals surface area contributed by atoms with Crippen LogP contribution in [0.4, 0.5) is 11.4 Å². The summed E-state index contributed by atoms with van der Waals surface area (Å²) in [6, 6.07) is 11.0. The van der Waals surface area contributed by atoms with Crippen LogP contribution in [0.25, 0.3) is 0 Å². The third-order valence-corrected chi connectivity index (χ3v) is 5.15. The Bertz CT molecular complexity index is 823. The molecule has 0 atom stereocenters. The van der Waals surface area contributed by atoms with E-state index in [1.807, 2.05) is 24.5 Å². The van der Waals surface area contributed by atoms with Gasteiger partial charge in [-0.1, -0.05) is 11.6 Å². The summed E-state index contributed by atoms with van der Waals surface area (Å²) in [6.07, 6.45) is 3.12. The van der Waals surface area contributed by atoms with E-state index in [0.29, 0.717) is 29.1 Å². The molecule has 0 saturated heterocycles. The van der Waals surface area contributed by atoms with E-state index < -0.39 is 0 Å². The lowest BCUT2D eigenvalue weighted by molar-refractivity contribution is -0.118. The van der Waals surface area contributed by atoms with Gasteiger partial charge in [0, 0.05) is 29.7 Å². The van der Waals surface area contributed by atoms with Crippen molar-refractivity contribution in [1.29, 1.82) is 0 Å². The molecule has 124 valence electrons. The number of carbonyl (C=O) groups excluding carboxylic acids is 2. The predicted octanol–water partition coefficient (Wildman–Crippen LogP) is 4.22. The van der Waals surface area contributed by atoms with Crippen molar-refractivity contribution in [2.24, 2.45) is 0 Å². The topological polar surface area (TPSA) is 49.4 Å². The Balaban J connectivity index is 1.84. The number of thioether (sulfide) groups is 1. The maximum absolute atomic E-state index is 12.5. The molecule has 24 heavy (non-hydrogen) atoms. The molecule has 2 aromatic rings. The molecule has 1 aliphatic heterocycles. The van der Waals surface area contributed by atoms with Crippen molar-refractivity contribution in [3.05, 3.63) is 52.5 Å². The van der Waals surface area contributed by atoms with Crippen LogP contribution < -0.4 is 10.2 Å². The second kappa shape index (κ2) is 6.87. The van der Waals surface area contributed by atoms with Crippen molar-refractivity contribution < 1.29 is 9.59 Å². The SMILES string of the molecule is CSc1ccc(Cl)c(C(=O)Nc2ccc3c(c2)CCC(=O)N3C)c1. The number of anilines is 2. The lowest BCUT2D eigenvalue weighted by Crippen LogP contribution is -2.31. The molecular weight excluding hydrogens is 344 g/mol. The molecule has 0 unspecified atom stereocenters. The molecule has 1 aliphatic rings. The Kier molecular flexibility index (Phi) is 4.83. The molecule has 3 rings (SSSR count). The smallest absolute Gasteiger partial charge is 0.257 e. The summed E-state index contributed by atoms with van der Waals surface area (Å²) in [6.45, 7) is 0. The number of rotatable bonds is 3. The van der Waals surface area contributed by atoms with Gasteiger partial charge in [-0.2, -0.15) is 0 Å². The van der Waals surface area contributed by atoms with Gasteiger partial charge in [0.1, 0.15) is 0 Å². The second-order valence-corrected chi connectivity index (χ2v) is 6.88. The van der Waals surface area contributed by atoms with Crippen molar-refractivity contribution in [2.75, 3.05) is 23.5 Å². The molecule has 2 aromatic carbocycles. The number of benzene rings is 2. The normalized spacial score (nSPS) is 13.6. The molecule has 0 saturated carbocycles. The summed E-state index contributed by atoms with van der Waals surface area (Å²) in [5, 5.41) is 3.32. The van der Waals surface area contributed by atoms with E-state index in [0.717, 1.165) is 16.1 Å². The minimum atomic E-state index is -0.240. The zero-order valence-corrected chi connectivity index (χ0v) is 15.0. The molecule has 0 bridgehead atoms. The van der Waals surface area contributed by atoms with Gasteiger partial charge in [0.25, 0.3) is 5.91 Å². The number of amides is 2. The number of fused-ring (bicyclic) bond motifs is 1. The maximum atomic E-state index is 12.5. The fourth-order valence-corrected chi connectivity index (χ4v) is 3.38. The van der Waals surface area contributed by atoms with Gasteiger partial charge in [0.2, 0.25) is 5.91 Å². The van der Waals surface area contributed by atoms with Gasteiger partial charge in [0.05, 0.1) is 10.6 Å². The van der Waals surface area contributed by atoms with Gasteiger partial charge in [0.15, 0.2) is 0 Å². The Hall–Kier alpha value is -1.98. The Morgan fingerprint density at radius 1 is 1.21 bits per heavy atom. The summed E-state index contributed by atoms with van der Waals surface area (Å²) in [5.41, 5.74) is 3.10. The van der Waals surface area contributed by atoms with E-state index in [1.165, 1.54) is 0 Å². The minimum absolute atomic E-state index is 0.111. The first-order chi connectivity index (χ1) is 11.5. The van der Waals surface area contributed by atoms with Crippen molar-refractivity contribution in [2.45, 2.75) is 17.7 Å². The molecule has 0 radical (unpaired) electrons. The van der Waals surface area contributed by atoms with Gasteiger partial charge in [-0.3, -0.25) is 9.59 Å². The van der Waals surface area contributed by atoms with Crippen molar-refractivity contribution in [1.82, 2.24) is 0 Å². The lowest BCUT2D eigenvalue weighted by atomic mass is 10.0. The highest BCUT2D eigenvalue weighted by atomic mass is 35.5. The van der Waals surface area contributed by atoms with E-state index >= 15 is 0 Å². The van der Waals surface area contributed by atoms with Gasteiger partial charge in [-0.05, 0) is 54.6 Å². The fourth-order valence-electron chi connectivity index (χ4n) is 2.74. The quantitative estimate of drug-likeness (QED) is 0.833. The number of nitrogens with zero attached hydrogens (tertiary/aromatic N) is 1. The predicted molar refractivity (Wildman–Crippen MR) is 99.4 cm³/mol. The molecule has 4 nitrogen and oxygen atoms in total. The number of nitrogens with one attached hydrogen (secondary N) is 1. The van der Waals surface area contributed by atoms with Crippen LogP contribution in [0, 0.1) is 0 Å². The van der Waals surface area contributed by atoms with Crippen LogP contribution in [-0.2, 0) is 11.2 Å². The number of hydrogen-bond donors (Lipinski definition) is 1. The first kappa shape index (κ1) is 16.9. The van der Waals surface area contributed by atoms with Crippen molar-refractivity contribution in [3.8, 4) is 0 Å². The number of carbonyl (C=O) groups is 2. The summed E-state index contributed by atoms with van der Waals surface area (Å²) >= 11 is 7.71. The van der Waals surface area contributed by atoms with Gasteiger partial charge >= 0.3 is 0 Å². The highest BCUT2D eigenvalue weighted by Crippen LogP contribution is 2.30. The highest BCUT2D eigenvalue weighted by Gasteiger charge is 2.21. The molecule has 0 aromatic heterocycles. The Morgan fingerprint density at radius 3 is 2.75 bits per heavy atom. The Labute approximate surface area is 150 Å². The highest BCUT2D eigenvalue weighted by molar-refractivity contribution is 7.98. The summed E-state index contributed by atoms with van der Waals surface area (Å²) < 4.78 is 0. The van der Waals surface area contributed by atoms with Crippen LogP contribution in [0.5, 0.6) is 0 Å². The molecule has 1 N–H and O–H groups in total. The van der Waals surface area contributed by atoms with Crippen LogP contribution in [0.3, 0.4) is 0 Å². The van der Waals surface area contributed by atoms with Crippen LogP contribution in [0.1, 0.15) is 22.3 Å². The molecule has 6 heteroatoms. The second-order valence-electron chi connectivity index (χ2n) is 5.60. The summed E-state index contributed by atoms with van der Waals surface area (Å²) in [5.74, 6) is -0.129. The van der Waals surface area contributed by atoms with Gasteiger partial charge < -0.3 is 10.2 Å². The average molecular weight is 361 g/mol. The first-order valence-corrected chi connectivity index (χ1v) is 9.14. The molecule has 0 aliphatic carbocycles. The van der Waals surface area contributed by atoms with Gasteiger partial charge in [-0.15, -0.1) is 11.8 Å². The van der Waals surface area contributed by atoms with Gasteiger partial charge in [-0.25, -0.2) is 0 Å². The van der Waals surface area contributed by atoms with E-state index in [1.54, 1.807) is 41.9 Å². The third kappa shape index (κ3) is 3.28. The van der Waals surface area contributed by atoms with E-state index in [9.17, 15) is 9.59 Å². The van der Waals surface area contributed by atoms with E-state index in [2.05, 4.69) is 5.32 Å².